The van der Waals surface area contributed by atoms with Crippen LogP contribution in [0.1, 0.15) is 36.3 Å². The molecule has 0 aliphatic rings. The van der Waals surface area contributed by atoms with E-state index in [4.69, 9.17) is 5.11 Å². The monoisotopic (exact) mass is 411 g/mol. The smallest absolute Gasteiger partial charge is 0.396 e. The number of imidazole rings is 1. The highest BCUT2D eigenvalue weighted by atomic mass is 32.1. The van der Waals surface area contributed by atoms with Gasteiger partial charge in [-0.3, -0.25) is 9.20 Å². The Morgan fingerprint density at radius 1 is 1.32 bits per heavy atom. The van der Waals surface area contributed by atoms with E-state index < -0.39 is 11.7 Å². The van der Waals surface area contributed by atoms with E-state index in [1.165, 1.54) is 23.5 Å². The zero-order valence-electron chi connectivity index (χ0n) is 15.4. The minimum atomic E-state index is -4.39. The molecule has 2 heterocycles. The number of aromatic nitrogens is 2. The summed E-state index contributed by atoms with van der Waals surface area (Å²) < 4.78 is 39.9. The molecule has 5 nitrogen and oxygen atoms in total. The van der Waals surface area contributed by atoms with Crippen LogP contribution < -0.4 is 0 Å². The summed E-state index contributed by atoms with van der Waals surface area (Å²) in [5, 5.41) is 10.9. The Morgan fingerprint density at radius 2 is 2.00 bits per heavy atom. The van der Waals surface area contributed by atoms with Crippen LogP contribution in [-0.2, 0) is 6.18 Å². The van der Waals surface area contributed by atoms with Gasteiger partial charge >= 0.3 is 6.18 Å². The van der Waals surface area contributed by atoms with Crippen LogP contribution in [-0.4, -0.2) is 44.5 Å². The number of rotatable bonds is 6. The molecular formula is C19H20F3N3O2S. The van der Waals surface area contributed by atoms with Crippen molar-refractivity contribution in [2.45, 2.75) is 32.5 Å². The van der Waals surface area contributed by atoms with Gasteiger partial charge in [0.25, 0.3) is 5.91 Å². The number of alkyl halides is 3. The molecule has 0 radical (unpaired) electrons. The van der Waals surface area contributed by atoms with Gasteiger partial charge in [0.15, 0.2) is 4.96 Å². The summed E-state index contributed by atoms with van der Waals surface area (Å²) in [6.07, 6.45) is -2.25. The van der Waals surface area contributed by atoms with Crippen molar-refractivity contribution >= 4 is 22.2 Å². The summed E-state index contributed by atoms with van der Waals surface area (Å²) in [5.74, 6) is -0.175. The summed E-state index contributed by atoms with van der Waals surface area (Å²) >= 11 is 1.29. The van der Waals surface area contributed by atoms with E-state index in [1.54, 1.807) is 20.9 Å². The molecule has 0 aliphatic carbocycles. The molecule has 28 heavy (non-hydrogen) atoms. The van der Waals surface area contributed by atoms with Crippen LogP contribution in [0.15, 0.2) is 35.8 Å². The second-order valence-electron chi connectivity index (χ2n) is 6.43. The predicted octanol–water partition coefficient (Wildman–Crippen LogP) is 4.31. The van der Waals surface area contributed by atoms with Gasteiger partial charge < -0.3 is 10.0 Å². The highest BCUT2D eigenvalue weighted by Crippen LogP contribution is 2.31. The van der Waals surface area contributed by atoms with Crippen molar-refractivity contribution in [3.05, 3.63) is 47.1 Å². The Kier molecular flexibility index (Phi) is 5.76. The molecule has 0 fully saturated rings. The van der Waals surface area contributed by atoms with E-state index in [0.717, 1.165) is 12.1 Å². The summed E-state index contributed by atoms with van der Waals surface area (Å²) in [4.78, 5) is 19.6. The number of halogens is 3. The van der Waals surface area contributed by atoms with Crippen molar-refractivity contribution in [3.63, 3.8) is 0 Å². The summed E-state index contributed by atoms with van der Waals surface area (Å²) in [6.45, 7) is 4.24. The molecule has 0 aliphatic heterocycles. The van der Waals surface area contributed by atoms with Crippen molar-refractivity contribution in [2.24, 2.45) is 0 Å². The van der Waals surface area contributed by atoms with Gasteiger partial charge in [-0.15, -0.1) is 11.3 Å². The molecule has 0 bridgehead atoms. The fourth-order valence-corrected chi connectivity index (χ4v) is 3.90. The SMILES string of the molecule is CCN(C(=O)c1csc2nc(-c3ccc(C(F)(F)F)cc3)cn12)[C@H](C)CCO. The number of aliphatic hydroxyl groups is 1. The van der Waals surface area contributed by atoms with Crippen LogP contribution >= 0.6 is 11.3 Å². The lowest BCUT2D eigenvalue weighted by molar-refractivity contribution is -0.137. The van der Waals surface area contributed by atoms with Crippen LogP contribution in [0.3, 0.4) is 0 Å². The minimum Gasteiger partial charge on any atom is -0.396 e. The molecule has 2 aromatic heterocycles. The van der Waals surface area contributed by atoms with E-state index in [0.29, 0.717) is 34.9 Å². The fraction of sp³-hybridized carbons (Fsp3) is 0.368. The fourth-order valence-electron chi connectivity index (χ4n) is 3.05. The highest BCUT2D eigenvalue weighted by molar-refractivity contribution is 7.15. The first-order valence-corrected chi connectivity index (χ1v) is 9.70. The molecule has 0 saturated heterocycles. The molecule has 1 amide bonds. The summed E-state index contributed by atoms with van der Waals surface area (Å²) in [6, 6.07) is 4.67. The Balaban J connectivity index is 1.92. The van der Waals surface area contributed by atoms with E-state index in [2.05, 4.69) is 4.98 Å². The number of fused-ring (bicyclic) bond motifs is 1. The Morgan fingerprint density at radius 3 is 2.57 bits per heavy atom. The molecule has 3 aromatic rings. The van der Waals surface area contributed by atoms with E-state index in [9.17, 15) is 18.0 Å². The standard InChI is InChI=1S/C19H20F3N3O2S/c1-3-24(12(2)8-9-26)17(27)16-11-28-18-23-15(10-25(16)18)13-4-6-14(7-5-13)19(20,21)22/h4-7,10-12,26H,3,8-9H2,1-2H3/t12-/m1/s1. The van der Waals surface area contributed by atoms with Crippen LogP contribution in [0.2, 0.25) is 0 Å². The first-order chi connectivity index (χ1) is 13.3. The summed E-state index contributed by atoms with van der Waals surface area (Å²) in [5.41, 5.74) is 0.770. The number of aliphatic hydroxyl groups excluding tert-OH is 1. The Bertz CT molecular complexity index is 963. The quantitative estimate of drug-likeness (QED) is 0.658. The molecule has 3 rings (SSSR count). The number of hydrogen-bond donors (Lipinski definition) is 1. The lowest BCUT2D eigenvalue weighted by Crippen LogP contribution is -2.39. The number of hydrogen-bond acceptors (Lipinski definition) is 4. The number of nitrogens with zero attached hydrogens (tertiary/aromatic N) is 3. The average Bonchev–Trinajstić information content (AvgIpc) is 3.22. The molecule has 0 unspecified atom stereocenters. The van der Waals surface area contributed by atoms with Gasteiger partial charge in [0, 0.05) is 36.3 Å². The maximum Gasteiger partial charge on any atom is 0.416 e. The number of thiazole rings is 1. The first-order valence-electron chi connectivity index (χ1n) is 8.82. The summed E-state index contributed by atoms with van der Waals surface area (Å²) in [7, 11) is 0. The molecule has 0 saturated carbocycles. The van der Waals surface area contributed by atoms with Gasteiger partial charge in [-0.2, -0.15) is 13.2 Å². The highest BCUT2D eigenvalue weighted by Gasteiger charge is 2.30. The van der Waals surface area contributed by atoms with Crippen molar-refractivity contribution in [2.75, 3.05) is 13.2 Å². The molecule has 150 valence electrons. The first kappa shape index (κ1) is 20.3. The topological polar surface area (TPSA) is 57.8 Å². The molecule has 1 atom stereocenters. The second-order valence-corrected chi connectivity index (χ2v) is 7.26. The van der Waals surface area contributed by atoms with Gasteiger partial charge in [0.2, 0.25) is 0 Å². The normalized spacial score (nSPS) is 13.1. The minimum absolute atomic E-state index is 0.00681. The number of carbonyl (C=O) groups excluding carboxylic acids is 1. The van der Waals surface area contributed by atoms with Gasteiger partial charge in [-0.1, -0.05) is 12.1 Å². The third kappa shape index (κ3) is 3.90. The van der Waals surface area contributed by atoms with Gasteiger partial charge in [0.05, 0.1) is 11.3 Å². The number of carbonyl (C=O) groups is 1. The van der Waals surface area contributed by atoms with Crippen molar-refractivity contribution in [1.29, 1.82) is 0 Å². The number of amides is 1. The molecular weight excluding hydrogens is 391 g/mol. The van der Waals surface area contributed by atoms with Gasteiger partial charge in [0.1, 0.15) is 5.69 Å². The second kappa shape index (κ2) is 7.92. The molecule has 0 spiro atoms. The molecule has 9 heteroatoms. The number of benzene rings is 1. The van der Waals surface area contributed by atoms with Crippen molar-refractivity contribution < 1.29 is 23.1 Å². The van der Waals surface area contributed by atoms with Crippen LogP contribution in [0.25, 0.3) is 16.2 Å². The lowest BCUT2D eigenvalue weighted by Gasteiger charge is -2.27. The van der Waals surface area contributed by atoms with E-state index in [1.807, 2.05) is 13.8 Å². The Hall–Kier alpha value is -2.39. The van der Waals surface area contributed by atoms with Gasteiger partial charge in [-0.05, 0) is 32.4 Å². The van der Waals surface area contributed by atoms with E-state index >= 15 is 0 Å². The lowest BCUT2D eigenvalue weighted by atomic mass is 10.1. The van der Waals surface area contributed by atoms with Crippen molar-refractivity contribution in [3.8, 4) is 11.3 Å². The third-order valence-corrected chi connectivity index (χ3v) is 5.46. The maximum atomic E-state index is 12.9. The average molecular weight is 411 g/mol. The zero-order valence-corrected chi connectivity index (χ0v) is 16.2. The zero-order chi connectivity index (χ0) is 20.5. The largest absolute Gasteiger partial charge is 0.416 e. The van der Waals surface area contributed by atoms with E-state index in [-0.39, 0.29) is 18.6 Å². The third-order valence-electron chi connectivity index (χ3n) is 4.62. The van der Waals surface area contributed by atoms with Gasteiger partial charge in [-0.25, -0.2) is 4.98 Å². The van der Waals surface area contributed by atoms with Crippen LogP contribution in [0, 0.1) is 0 Å². The van der Waals surface area contributed by atoms with Crippen LogP contribution in [0.5, 0.6) is 0 Å². The predicted molar refractivity (Wildman–Crippen MR) is 101 cm³/mol. The maximum absolute atomic E-state index is 12.9. The molecule has 1 N–H and O–H groups in total. The Labute approximate surface area is 164 Å². The molecule has 1 aromatic carbocycles. The van der Waals surface area contributed by atoms with Crippen molar-refractivity contribution in [1.82, 2.24) is 14.3 Å². The van der Waals surface area contributed by atoms with Crippen LogP contribution in [0.4, 0.5) is 13.2 Å².